The van der Waals surface area contributed by atoms with Crippen molar-refractivity contribution in [2.24, 2.45) is 13.0 Å². The van der Waals surface area contributed by atoms with Crippen LogP contribution in [0.3, 0.4) is 0 Å². The number of methoxy groups -OCH3 is 1. The van der Waals surface area contributed by atoms with Gasteiger partial charge in [0.1, 0.15) is 22.7 Å². The number of fused-ring (bicyclic) bond motifs is 2. The lowest BCUT2D eigenvalue weighted by atomic mass is 9.81. The standard InChI is InChI=1S/C30H35F2N7O4S/c1-36-25-21(12-20(14-23(25)43-2)28(40)37-16-30(17-37)10-4-5-11-33-30)34-27(36)22-13-19-8-9-24(39(29(31)32)44(3,41)42)35-26(19)38(22)15-18-6-7-18/h8-9,12-14,18,29,33H,4-7,10-11,15-17H2,1-3H3. The molecule has 1 spiro atoms. The van der Waals surface area contributed by atoms with E-state index in [0.717, 1.165) is 38.5 Å². The summed E-state index contributed by atoms with van der Waals surface area (Å²) >= 11 is 0. The van der Waals surface area contributed by atoms with Crippen molar-refractivity contribution in [1.82, 2.24) is 29.3 Å². The van der Waals surface area contributed by atoms with Gasteiger partial charge in [0, 0.05) is 37.6 Å². The number of aromatic nitrogens is 4. The number of anilines is 1. The number of carbonyl (C=O) groups excluding carboxylic acids is 1. The molecule has 3 aromatic heterocycles. The molecule has 1 aliphatic carbocycles. The first-order valence-electron chi connectivity index (χ1n) is 14.8. The van der Waals surface area contributed by atoms with Crippen molar-refractivity contribution in [2.75, 3.05) is 37.3 Å². The van der Waals surface area contributed by atoms with Crippen LogP contribution in [-0.4, -0.2) is 83.4 Å². The smallest absolute Gasteiger partial charge is 0.329 e. The van der Waals surface area contributed by atoms with Crippen LogP contribution in [0.1, 0.15) is 42.5 Å². The maximum atomic E-state index is 13.8. The molecule has 2 saturated heterocycles. The van der Waals surface area contributed by atoms with Crippen molar-refractivity contribution < 1.29 is 26.7 Å². The highest BCUT2D eigenvalue weighted by molar-refractivity contribution is 7.92. The molecule has 1 saturated carbocycles. The number of rotatable bonds is 8. The van der Waals surface area contributed by atoms with E-state index in [0.29, 0.717) is 70.5 Å². The maximum absolute atomic E-state index is 13.8. The third-order valence-corrected chi connectivity index (χ3v) is 10.2. The van der Waals surface area contributed by atoms with Crippen LogP contribution in [0.2, 0.25) is 0 Å². The summed E-state index contributed by atoms with van der Waals surface area (Å²) < 4.78 is 61.6. The van der Waals surface area contributed by atoms with Gasteiger partial charge in [0.25, 0.3) is 5.91 Å². The molecule has 11 nitrogen and oxygen atoms in total. The first-order valence-corrected chi connectivity index (χ1v) is 16.7. The Hall–Kier alpha value is -3.78. The number of carbonyl (C=O) groups is 1. The highest BCUT2D eigenvalue weighted by atomic mass is 32.2. The average molecular weight is 628 g/mol. The van der Waals surface area contributed by atoms with Crippen molar-refractivity contribution >= 4 is 43.8 Å². The summed E-state index contributed by atoms with van der Waals surface area (Å²) in [5.74, 6) is 1.09. The third-order valence-electron chi connectivity index (χ3n) is 9.11. The fourth-order valence-electron chi connectivity index (χ4n) is 6.71. The summed E-state index contributed by atoms with van der Waals surface area (Å²) in [6.07, 6.45) is 6.20. The first-order chi connectivity index (χ1) is 21.0. The summed E-state index contributed by atoms with van der Waals surface area (Å²) in [6, 6.07) is 8.33. The van der Waals surface area contributed by atoms with Crippen LogP contribution in [-0.2, 0) is 23.6 Å². The number of amides is 1. The zero-order chi connectivity index (χ0) is 31.0. The number of hydrogen-bond acceptors (Lipinski definition) is 7. The van der Waals surface area contributed by atoms with Crippen molar-refractivity contribution in [1.29, 1.82) is 0 Å². The van der Waals surface area contributed by atoms with E-state index in [9.17, 15) is 22.0 Å². The number of ether oxygens (including phenoxy) is 1. The van der Waals surface area contributed by atoms with Gasteiger partial charge in [-0.1, -0.05) is 6.42 Å². The van der Waals surface area contributed by atoms with Crippen molar-refractivity contribution in [3.8, 4) is 17.3 Å². The van der Waals surface area contributed by atoms with Gasteiger partial charge in [-0.05, 0) is 68.5 Å². The Morgan fingerprint density at radius 3 is 2.59 bits per heavy atom. The Kier molecular flexibility index (Phi) is 6.85. The van der Waals surface area contributed by atoms with Crippen LogP contribution >= 0.6 is 0 Å². The molecule has 44 heavy (non-hydrogen) atoms. The van der Waals surface area contributed by atoms with Crippen LogP contribution in [0.25, 0.3) is 33.6 Å². The van der Waals surface area contributed by atoms with Gasteiger partial charge in [-0.2, -0.15) is 13.1 Å². The van der Waals surface area contributed by atoms with E-state index < -0.39 is 16.6 Å². The highest BCUT2D eigenvalue weighted by Gasteiger charge is 2.45. The van der Waals surface area contributed by atoms with Crippen LogP contribution in [0, 0.1) is 5.92 Å². The molecule has 0 atom stereocenters. The molecule has 1 amide bonds. The number of sulfonamides is 1. The maximum Gasteiger partial charge on any atom is 0.329 e. The number of hydrogen-bond donors (Lipinski definition) is 1. The number of nitrogens with zero attached hydrogens (tertiary/aromatic N) is 6. The zero-order valence-electron chi connectivity index (χ0n) is 24.9. The molecule has 7 rings (SSSR count). The third kappa shape index (κ3) is 4.87. The van der Waals surface area contributed by atoms with Gasteiger partial charge < -0.3 is 24.1 Å². The lowest BCUT2D eigenvalue weighted by Crippen LogP contribution is -2.71. The predicted molar refractivity (Wildman–Crippen MR) is 163 cm³/mol. The van der Waals surface area contributed by atoms with Crippen LogP contribution in [0.15, 0.2) is 30.3 Å². The monoisotopic (exact) mass is 627 g/mol. The molecule has 1 N–H and O–H groups in total. The number of alkyl halides is 2. The Balaban J connectivity index is 1.30. The summed E-state index contributed by atoms with van der Waals surface area (Å²) in [4.78, 5) is 24.8. The Morgan fingerprint density at radius 1 is 1.18 bits per heavy atom. The largest absolute Gasteiger partial charge is 0.494 e. The molecule has 2 aliphatic heterocycles. The van der Waals surface area contributed by atoms with Gasteiger partial charge in [0.05, 0.1) is 30.1 Å². The molecule has 0 bridgehead atoms. The molecule has 0 unspecified atom stereocenters. The second-order valence-electron chi connectivity index (χ2n) is 12.4. The second-order valence-corrected chi connectivity index (χ2v) is 14.2. The summed E-state index contributed by atoms with van der Waals surface area (Å²) in [5, 5.41) is 4.27. The van der Waals surface area contributed by atoms with E-state index in [1.165, 1.54) is 12.5 Å². The SMILES string of the molecule is COc1cc(C(=O)N2CC3(CCCCN3)C2)cc2nc(-c3cc4ccc(N(C(F)F)S(C)(=O)=O)nc4n3CC3CC3)n(C)c12. The molecular formula is C30H35F2N7O4S. The summed E-state index contributed by atoms with van der Waals surface area (Å²) in [5.41, 5.74) is 2.94. The average Bonchev–Trinajstić information content (AvgIpc) is 3.64. The van der Waals surface area contributed by atoms with Crippen molar-refractivity contribution in [3.63, 3.8) is 0 Å². The molecule has 0 radical (unpaired) electrons. The van der Waals surface area contributed by atoms with E-state index in [4.69, 9.17) is 9.72 Å². The van der Waals surface area contributed by atoms with E-state index in [1.54, 1.807) is 25.3 Å². The number of likely N-dealkylation sites (tertiary alicyclic amines) is 1. The van der Waals surface area contributed by atoms with Gasteiger partial charge in [-0.25, -0.2) is 18.4 Å². The van der Waals surface area contributed by atoms with Crippen molar-refractivity contribution in [2.45, 2.75) is 50.7 Å². The normalized spacial score (nSPS) is 18.4. The lowest BCUT2D eigenvalue weighted by molar-refractivity contribution is 0.0190. The quantitative estimate of drug-likeness (QED) is 0.294. The zero-order valence-corrected chi connectivity index (χ0v) is 25.7. The fraction of sp³-hybridized carbons (Fsp3) is 0.500. The van der Waals surface area contributed by atoms with Crippen LogP contribution in [0.5, 0.6) is 5.75 Å². The number of aryl methyl sites for hydroxylation is 1. The fourth-order valence-corrected chi connectivity index (χ4v) is 7.44. The number of pyridine rings is 1. The molecule has 3 aliphatic rings. The van der Waals surface area contributed by atoms with Crippen LogP contribution < -0.4 is 14.4 Å². The topological polar surface area (TPSA) is 115 Å². The van der Waals surface area contributed by atoms with Crippen molar-refractivity contribution in [3.05, 3.63) is 35.9 Å². The molecule has 4 aromatic rings. The van der Waals surface area contributed by atoms with E-state index in [1.807, 2.05) is 27.1 Å². The number of imidazole rings is 1. The summed E-state index contributed by atoms with van der Waals surface area (Å²) in [6.45, 7) is -0.352. The minimum absolute atomic E-state index is 0.0246. The Bertz CT molecular complexity index is 1890. The predicted octanol–water partition coefficient (Wildman–Crippen LogP) is 3.97. The molecule has 3 fully saturated rings. The second kappa shape index (κ2) is 10.4. The minimum Gasteiger partial charge on any atom is -0.494 e. The van der Waals surface area contributed by atoms with Gasteiger partial charge in [-0.15, -0.1) is 0 Å². The number of halogens is 2. The Labute approximate surface area is 253 Å². The molecule has 234 valence electrons. The van der Waals surface area contributed by atoms with E-state index >= 15 is 0 Å². The number of nitrogens with one attached hydrogen (secondary N) is 1. The van der Waals surface area contributed by atoms with Crippen LogP contribution in [0.4, 0.5) is 14.6 Å². The van der Waals surface area contributed by atoms with E-state index in [-0.39, 0.29) is 21.6 Å². The minimum atomic E-state index is -4.26. The number of benzene rings is 1. The lowest BCUT2D eigenvalue weighted by Gasteiger charge is -2.52. The molecule has 14 heteroatoms. The van der Waals surface area contributed by atoms with Gasteiger partial charge in [0.15, 0.2) is 5.82 Å². The van der Waals surface area contributed by atoms with E-state index in [2.05, 4.69) is 10.3 Å². The first kappa shape index (κ1) is 29.0. The van der Waals surface area contributed by atoms with Gasteiger partial charge in [-0.3, -0.25) is 4.79 Å². The molecular weight excluding hydrogens is 592 g/mol. The molecule has 5 heterocycles. The Morgan fingerprint density at radius 2 is 1.95 bits per heavy atom. The van der Waals surface area contributed by atoms with Gasteiger partial charge in [0.2, 0.25) is 10.0 Å². The summed E-state index contributed by atoms with van der Waals surface area (Å²) in [7, 11) is -0.837. The van der Waals surface area contributed by atoms with Gasteiger partial charge >= 0.3 is 6.55 Å². The highest BCUT2D eigenvalue weighted by Crippen LogP contribution is 2.39. The number of piperidine rings is 1. The molecule has 1 aromatic carbocycles.